The summed E-state index contributed by atoms with van der Waals surface area (Å²) in [7, 11) is 0. The fourth-order valence-corrected chi connectivity index (χ4v) is 3.57. The Morgan fingerprint density at radius 2 is 1.49 bits per heavy atom. The summed E-state index contributed by atoms with van der Waals surface area (Å²) in [5.74, 6) is -5.23. The number of aliphatic carboxylic acids is 2. The van der Waals surface area contributed by atoms with Gasteiger partial charge in [-0.1, -0.05) is 44.2 Å². The standard InChI is InChI=1S/C25H39N7O7/c1-14(2)20(23(37)31-18(24(38)39)13-15-7-4-3-5-8-15)32-22(36)17(10-11-19(33)34)30-21(35)16(26)9-6-12-29-25(27)28/h3-5,7-8,14,16-18,20H,6,9-13,26H2,1-2H3,(H,30,35)(H,31,37)(H,32,36)(H,33,34)(H,38,39)(H4,27,28,29). The second kappa shape index (κ2) is 16.6. The summed E-state index contributed by atoms with van der Waals surface area (Å²) in [6, 6.07) is 4.00. The maximum absolute atomic E-state index is 13.1. The van der Waals surface area contributed by atoms with Gasteiger partial charge in [-0.3, -0.25) is 24.2 Å². The smallest absolute Gasteiger partial charge is 0.326 e. The Labute approximate surface area is 226 Å². The van der Waals surface area contributed by atoms with Crippen molar-refractivity contribution in [3.63, 3.8) is 0 Å². The number of nitrogens with zero attached hydrogens (tertiary/aromatic N) is 1. The topological polar surface area (TPSA) is 252 Å². The van der Waals surface area contributed by atoms with E-state index in [0.717, 1.165) is 0 Å². The Kier molecular flexibility index (Phi) is 14.0. The summed E-state index contributed by atoms with van der Waals surface area (Å²) >= 11 is 0. The van der Waals surface area contributed by atoms with Gasteiger partial charge in [-0.15, -0.1) is 0 Å². The van der Waals surface area contributed by atoms with Crippen LogP contribution in [-0.2, 0) is 30.4 Å². The molecule has 14 nitrogen and oxygen atoms in total. The van der Waals surface area contributed by atoms with Gasteiger partial charge >= 0.3 is 11.9 Å². The summed E-state index contributed by atoms with van der Waals surface area (Å²) in [5.41, 5.74) is 17.1. The first-order valence-electron chi connectivity index (χ1n) is 12.5. The summed E-state index contributed by atoms with van der Waals surface area (Å²) in [4.78, 5) is 65.4. The predicted octanol–water partition coefficient (Wildman–Crippen LogP) is -1.33. The number of hydrogen-bond acceptors (Lipinski definition) is 7. The van der Waals surface area contributed by atoms with E-state index in [4.69, 9.17) is 22.3 Å². The highest BCUT2D eigenvalue weighted by Gasteiger charge is 2.32. The van der Waals surface area contributed by atoms with Gasteiger partial charge in [0.15, 0.2) is 5.96 Å². The van der Waals surface area contributed by atoms with Gasteiger partial charge in [-0.25, -0.2) is 4.79 Å². The van der Waals surface area contributed by atoms with E-state index < -0.39 is 66.2 Å². The number of hydrogen-bond donors (Lipinski definition) is 8. The molecule has 0 bridgehead atoms. The molecule has 0 aliphatic rings. The van der Waals surface area contributed by atoms with E-state index in [1.807, 2.05) is 0 Å². The van der Waals surface area contributed by atoms with Gasteiger partial charge in [0, 0.05) is 19.4 Å². The fourth-order valence-electron chi connectivity index (χ4n) is 3.57. The molecule has 0 heterocycles. The van der Waals surface area contributed by atoms with E-state index in [1.54, 1.807) is 44.2 Å². The first-order chi connectivity index (χ1) is 18.3. The molecule has 3 amide bonds. The largest absolute Gasteiger partial charge is 0.481 e. The summed E-state index contributed by atoms with van der Waals surface area (Å²) in [6.45, 7) is 3.54. The monoisotopic (exact) mass is 549 g/mol. The van der Waals surface area contributed by atoms with Crippen LogP contribution >= 0.6 is 0 Å². The predicted molar refractivity (Wildman–Crippen MR) is 143 cm³/mol. The van der Waals surface area contributed by atoms with Gasteiger partial charge in [0.05, 0.1) is 6.04 Å². The van der Waals surface area contributed by atoms with E-state index >= 15 is 0 Å². The van der Waals surface area contributed by atoms with Gasteiger partial charge < -0.3 is 43.4 Å². The van der Waals surface area contributed by atoms with Crippen LogP contribution in [0.4, 0.5) is 0 Å². The van der Waals surface area contributed by atoms with Gasteiger partial charge in [0.2, 0.25) is 17.7 Å². The molecule has 4 unspecified atom stereocenters. The molecule has 0 spiro atoms. The molecule has 1 aromatic rings. The van der Waals surface area contributed by atoms with Crippen molar-refractivity contribution in [3.05, 3.63) is 35.9 Å². The van der Waals surface area contributed by atoms with Crippen molar-refractivity contribution < 1.29 is 34.2 Å². The van der Waals surface area contributed by atoms with E-state index in [2.05, 4.69) is 20.9 Å². The Morgan fingerprint density at radius 3 is 2.03 bits per heavy atom. The van der Waals surface area contributed by atoms with Crippen LogP contribution in [0.3, 0.4) is 0 Å². The number of carboxylic acids is 2. The molecule has 1 aromatic carbocycles. The zero-order chi connectivity index (χ0) is 29.5. The molecule has 4 atom stereocenters. The lowest BCUT2D eigenvalue weighted by Crippen LogP contribution is -2.58. The average molecular weight is 550 g/mol. The maximum Gasteiger partial charge on any atom is 0.326 e. The minimum atomic E-state index is -1.30. The minimum absolute atomic E-state index is 0.0268. The van der Waals surface area contributed by atoms with Crippen molar-refractivity contribution in [3.8, 4) is 0 Å². The lowest BCUT2D eigenvalue weighted by atomic mass is 10.00. The first-order valence-corrected chi connectivity index (χ1v) is 12.5. The number of carboxylic acid groups (broad SMARTS) is 2. The molecule has 0 radical (unpaired) electrons. The van der Waals surface area contributed by atoms with E-state index in [9.17, 15) is 29.1 Å². The Balaban J connectivity index is 2.93. The molecule has 0 saturated heterocycles. The van der Waals surface area contributed by atoms with Crippen LogP contribution in [0.25, 0.3) is 0 Å². The van der Waals surface area contributed by atoms with E-state index in [0.29, 0.717) is 12.0 Å². The molecule has 0 aliphatic carbocycles. The Morgan fingerprint density at radius 1 is 0.872 bits per heavy atom. The average Bonchev–Trinajstić information content (AvgIpc) is 2.86. The SMILES string of the molecule is CC(C)C(NC(=O)C(CCC(=O)O)NC(=O)C(N)CCCN=C(N)N)C(=O)NC(Cc1ccccc1)C(=O)O. The second-order valence-electron chi connectivity index (χ2n) is 9.37. The molecule has 0 saturated carbocycles. The highest BCUT2D eigenvalue weighted by molar-refractivity contribution is 5.94. The third-order valence-corrected chi connectivity index (χ3v) is 5.73. The molecule has 0 aromatic heterocycles. The van der Waals surface area contributed by atoms with Gasteiger partial charge in [-0.05, 0) is 30.7 Å². The maximum atomic E-state index is 13.1. The van der Waals surface area contributed by atoms with Crippen LogP contribution < -0.4 is 33.2 Å². The number of amides is 3. The van der Waals surface area contributed by atoms with Crippen LogP contribution in [0.15, 0.2) is 35.3 Å². The lowest BCUT2D eigenvalue weighted by molar-refractivity contribution is -0.142. The van der Waals surface area contributed by atoms with Crippen molar-refractivity contribution in [1.29, 1.82) is 0 Å². The van der Waals surface area contributed by atoms with Crippen LogP contribution in [0.5, 0.6) is 0 Å². The first kappa shape index (κ1) is 32.8. The highest BCUT2D eigenvalue weighted by atomic mass is 16.4. The van der Waals surface area contributed by atoms with Gasteiger partial charge in [0.25, 0.3) is 0 Å². The van der Waals surface area contributed by atoms with Crippen molar-refractivity contribution in [2.45, 2.75) is 70.1 Å². The second-order valence-corrected chi connectivity index (χ2v) is 9.37. The number of rotatable bonds is 17. The molecule has 0 fully saturated rings. The third kappa shape index (κ3) is 12.7. The molecule has 14 heteroatoms. The van der Waals surface area contributed by atoms with Crippen molar-refractivity contribution in [2.75, 3.05) is 6.54 Å². The lowest BCUT2D eigenvalue weighted by Gasteiger charge is -2.27. The van der Waals surface area contributed by atoms with E-state index in [1.165, 1.54) is 0 Å². The molecular formula is C25H39N7O7. The highest BCUT2D eigenvalue weighted by Crippen LogP contribution is 2.09. The summed E-state index contributed by atoms with van der Waals surface area (Å²) in [6.07, 6.45) is -0.0770. The number of carbonyl (C=O) groups excluding carboxylic acids is 3. The number of carbonyl (C=O) groups is 5. The van der Waals surface area contributed by atoms with Crippen LogP contribution in [-0.4, -0.2) is 76.5 Å². The number of nitrogens with two attached hydrogens (primary N) is 3. The number of benzene rings is 1. The van der Waals surface area contributed by atoms with Crippen LogP contribution in [0, 0.1) is 5.92 Å². The van der Waals surface area contributed by atoms with E-state index in [-0.39, 0.29) is 31.8 Å². The van der Waals surface area contributed by atoms with Crippen molar-refractivity contribution in [1.82, 2.24) is 16.0 Å². The third-order valence-electron chi connectivity index (χ3n) is 5.73. The van der Waals surface area contributed by atoms with Gasteiger partial charge in [0.1, 0.15) is 18.1 Å². The van der Waals surface area contributed by atoms with Crippen LogP contribution in [0.1, 0.15) is 45.1 Å². The molecule has 1 rings (SSSR count). The van der Waals surface area contributed by atoms with Gasteiger partial charge in [-0.2, -0.15) is 0 Å². The molecule has 11 N–H and O–H groups in total. The summed E-state index contributed by atoms with van der Waals surface area (Å²) in [5, 5.41) is 26.1. The molecular weight excluding hydrogens is 510 g/mol. The van der Waals surface area contributed by atoms with Crippen molar-refractivity contribution >= 4 is 35.6 Å². The van der Waals surface area contributed by atoms with Crippen LogP contribution in [0.2, 0.25) is 0 Å². The summed E-state index contributed by atoms with van der Waals surface area (Å²) < 4.78 is 0. The fraction of sp³-hybridized carbons (Fsp3) is 0.520. The molecule has 39 heavy (non-hydrogen) atoms. The number of nitrogens with one attached hydrogen (secondary N) is 3. The Bertz CT molecular complexity index is 1010. The Hall–Kier alpha value is -4.20. The number of aliphatic imine (C=N–C) groups is 1. The normalized spacial score (nSPS) is 13.8. The quantitative estimate of drug-likeness (QED) is 0.0645. The number of guanidine groups is 1. The van der Waals surface area contributed by atoms with Crippen molar-refractivity contribution in [2.24, 2.45) is 28.1 Å². The minimum Gasteiger partial charge on any atom is -0.481 e. The zero-order valence-electron chi connectivity index (χ0n) is 22.1. The molecule has 216 valence electrons. The molecule has 0 aliphatic heterocycles. The zero-order valence-corrected chi connectivity index (χ0v) is 22.1.